The molecule has 1 atom stereocenters. The van der Waals surface area contributed by atoms with Gasteiger partial charge in [-0.25, -0.2) is 4.39 Å². The zero-order chi connectivity index (χ0) is 21.2. The van der Waals surface area contributed by atoms with Crippen LogP contribution in [0.25, 0.3) is 11.3 Å². The van der Waals surface area contributed by atoms with Gasteiger partial charge in [-0.3, -0.25) is 10.1 Å². The van der Waals surface area contributed by atoms with Crippen LogP contribution in [0.2, 0.25) is 0 Å². The summed E-state index contributed by atoms with van der Waals surface area (Å²) in [5.74, 6) is 1.18. The molecule has 31 heavy (non-hydrogen) atoms. The van der Waals surface area contributed by atoms with Crippen molar-refractivity contribution in [1.82, 2.24) is 30.1 Å². The molecular weight excluding hydrogens is 397 g/mol. The van der Waals surface area contributed by atoms with Gasteiger partial charge in [-0.05, 0) is 42.7 Å². The van der Waals surface area contributed by atoms with Crippen LogP contribution in [0.5, 0.6) is 0 Å². The summed E-state index contributed by atoms with van der Waals surface area (Å²) < 4.78 is 13.3. The maximum absolute atomic E-state index is 13.3. The molecule has 1 unspecified atom stereocenters. The van der Waals surface area contributed by atoms with Crippen molar-refractivity contribution in [1.29, 1.82) is 0 Å². The van der Waals surface area contributed by atoms with Gasteiger partial charge in [0.15, 0.2) is 5.82 Å². The minimum Gasteiger partial charge on any atom is -0.368 e. The summed E-state index contributed by atoms with van der Waals surface area (Å²) in [5.41, 5.74) is 8.71. The monoisotopic (exact) mass is 417 g/mol. The lowest BCUT2D eigenvalue weighted by Crippen LogP contribution is -2.25. The Kier molecular flexibility index (Phi) is 4.87. The third-order valence-electron chi connectivity index (χ3n) is 5.20. The number of nitrogen functional groups attached to an aromatic ring is 1. The lowest BCUT2D eigenvalue weighted by molar-refractivity contribution is 0.624. The Bertz CT molecular complexity index is 1180. The molecule has 0 saturated carbocycles. The number of hydrogen-bond acceptors (Lipinski definition) is 8. The second kappa shape index (κ2) is 7.98. The van der Waals surface area contributed by atoms with Crippen molar-refractivity contribution < 1.29 is 4.39 Å². The Morgan fingerprint density at radius 3 is 2.81 bits per heavy atom. The van der Waals surface area contributed by atoms with Gasteiger partial charge in [0, 0.05) is 30.6 Å². The molecule has 4 aromatic rings. The van der Waals surface area contributed by atoms with E-state index in [1.165, 1.54) is 12.1 Å². The highest BCUT2D eigenvalue weighted by Crippen LogP contribution is 2.35. The third-order valence-corrected chi connectivity index (χ3v) is 5.20. The topological polar surface area (TPSA) is 122 Å². The van der Waals surface area contributed by atoms with Crippen molar-refractivity contribution in [3.63, 3.8) is 0 Å². The van der Waals surface area contributed by atoms with E-state index in [1.807, 2.05) is 18.2 Å². The van der Waals surface area contributed by atoms with E-state index in [-0.39, 0.29) is 17.8 Å². The number of hydrogen-bond donors (Lipinski definition) is 3. The number of aromatic nitrogens is 6. The standard InChI is InChI=1S/C21H20FN9/c22-15-7-5-13(6-8-15)17-4-2-10-31(17)21-27-19(23)26-20(28-21)25-18-11-16(29-30-18)14-3-1-9-24-12-14/h1,3,5-9,11-12,17H,2,4,10H2,(H4,23,25,26,27,28,29,30). The van der Waals surface area contributed by atoms with Crippen molar-refractivity contribution in [3.05, 3.63) is 66.2 Å². The Balaban J connectivity index is 1.39. The van der Waals surface area contributed by atoms with Crippen molar-refractivity contribution in [2.45, 2.75) is 18.9 Å². The summed E-state index contributed by atoms with van der Waals surface area (Å²) in [4.78, 5) is 19.3. The van der Waals surface area contributed by atoms with Gasteiger partial charge in [0.25, 0.3) is 0 Å². The molecule has 9 nitrogen and oxygen atoms in total. The number of anilines is 4. The quantitative estimate of drug-likeness (QED) is 0.451. The molecule has 1 fully saturated rings. The molecule has 1 aliphatic heterocycles. The lowest BCUT2D eigenvalue weighted by Gasteiger charge is -2.25. The molecule has 0 amide bonds. The van der Waals surface area contributed by atoms with E-state index in [0.717, 1.165) is 36.2 Å². The normalized spacial score (nSPS) is 15.9. The summed E-state index contributed by atoms with van der Waals surface area (Å²) >= 11 is 0. The molecule has 4 heterocycles. The summed E-state index contributed by atoms with van der Waals surface area (Å²) in [6, 6.07) is 12.2. The van der Waals surface area contributed by atoms with Crippen LogP contribution < -0.4 is 16.0 Å². The molecular formula is C21H20FN9. The molecule has 156 valence electrons. The van der Waals surface area contributed by atoms with Crippen molar-refractivity contribution in [3.8, 4) is 11.3 Å². The van der Waals surface area contributed by atoms with Crippen LogP contribution in [0.15, 0.2) is 54.9 Å². The van der Waals surface area contributed by atoms with Crippen LogP contribution in [-0.2, 0) is 0 Å². The second-order valence-corrected chi connectivity index (χ2v) is 7.25. The van der Waals surface area contributed by atoms with Crippen LogP contribution in [0, 0.1) is 5.82 Å². The highest BCUT2D eigenvalue weighted by atomic mass is 19.1. The van der Waals surface area contributed by atoms with E-state index >= 15 is 0 Å². The van der Waals surface area contributed by atoms with Crippen LogP contribution in [-0.4, -0.2) is 36.7 Å². The minimum absolute atomic E-state index is 0.0535. The van der Waals surface area contributed by atoms with E-state index in [2.05, 4.69) is 40.3 Å². The van der Waals surface area contributed by atoms with Crippen LogP contribution >= 0.6 is 0 Å². The minimum atomic E-state index is -0.256. The first-order chi connectivity index (χ1) is 15.2. The predicted molar refractivity (Wildman–Crippen MR) is 115 cm³/mol. The Morgan fingerprint density at radius 1 is 1.13 bits per heavy atom. The van der Waals surface area contributed by atoms with Gasteiger partial charge in [-0.1, -0.05) is 12.1 Å². The molecule has 1 aromatic carbocycles. The van der Waals surface area contributed by atoms with Gasteiger partial charge in [0.2, 0.25) is 17.8 Å². The fraction of sp³-hybridized carbons (Fsp3) is 0.190. The van der Waals surface area contributed by atoms with Gasteiger partial charge < -0.3 is 16.0 Å². The molecule has 5 rings (SSSR count). The predicted octanol–water partition coefficient (Wildman–Crippen LogP) is 3.46. The van der Waals surface area contributed by atoms with Crippen molar-refractivity contribution in [2.24, 2.45) is 0 Å². The zero-order valence-electron chi connectivity index (χ0n) is 16.5. The Morgan fingerprint density at radius 2 is 2.00 bits per heavy atom. The maximum atomic E-state index is 13.3. The average Bonchev–Trinajstić information content (AvgIpc) is 3.44. The van der Waals surface area contributed by atoms with E-state index in [4.69, 9.17) is 5.73 Å². The van der Waals surface area contributed by atoms with E-state index in [1.54, 1.807) is 24.5 Å². The first-order valence-corrected chi connectivity index (χ1v) is 9.92. The highest BCUT2D eigenvalue weighted by molar-refractivity contribution is 5.63. The lowest BCUT2D eigenvalue weighted by atomic mass is 10.0. The van der Waals surface area contributed by atoms with Crippen molar-refractivity contribution in [2.75, 3.05) is 22.5 Å². The number of rotatable bonds is 5. The smallest absolute Gasteiger partial charge is 0.235 e. The fourth-order valence-electron chi connectivity index (χ4n) is 3.77. The molecule has 0 bridgehead atoms. The fourth-order valence-corrected chi connectivity index (χ4v) is 3.77. The zero-order valence-corrected chi connectivity index (χ0v) is 16.5. The van der Waals surface area contributed by atoms with Crippen LogP contribution in [0.1, 0.15) is 24.4 Å². The number of H-pyrrole nitrogens is 1. The molecule has 0 aliphatic carbocycles. The van der Waals surface area contributed by atoms with E-state index < -0.39 is 0 Å². The number of halogens is 1. The van der Waals surface area contributed by atoms with E-state index in [0.29, 0.717) is 17.7 Å². The molecule has 0 radical (unpaired) electrons. The van der Waals surface area contributed by atoms with Gasteiger partial charge in [0.1, 0.15) is 5.82 Å². The van der Waals surface area contributed by atoms with Crippen LogP contribution in [0.4, 0.5) is 28.1 Å². The number of nitrogens with two attached hydrogens (primary N) is 1. The Hall–Kier alpha value is -4.08. The highest BCUT2D eigenvalue weighted by Gasteiger charge is 2.29. The first kappa shape index (κ1) is 18.9. The van der Waals surface area contributed by atoms with Crippen LogP contribution in [0.3, 0.4) is 0 Å². The number of pyridine rings is 1. The maximum Gasteiger partial charge on any atom is 0.235 e. The van der Waals surface area contributed by atoms with E-state index in [9.17, 15) is 4.39 Å². The van der Waals surface area contributed by atoms with Gasteiger partial charge in [0.05, 0.1) is 11.7 Å². The molecule has 1 aliphatic rings. The molecule has 3 aromatic heterocycles. The average molecular weight is 417 g/mol. The van der Waals surface area contributed by atoms with Gasteiger partial charge in [-0.15, -0.1) is 0 Å². The van der Waals surface area contributed by atoms with Gasteiger partial charge in [-0.2, -0.15) is 20.1 Å². The second-order valence-electron chi connectivity index (χ2n) is 7.25. The number of nitrogens with zero attached hydrogens (tertiary/aromatic N) is 6. The molecule has 4 N–H and O–H groups in total. The Labute approximate surface area is 177 Å². The summed E-state index contributed by atoms with van der Waals surface area (Å²) in [7, 11) is 0. The van der Waals surface area contributed by atoms with Gasteiger partial charge >= 0.3 is 0 Å². The summed E-state index contributed by atoms with van der Waals surface area (Å²) in [5, 5.41) is 10.3. The molecule has 1 saturated heterocycles. The molecule has 10 heteroatoms. The largest absolute Gasteiger partial charge is 0.368 e. The summed E-state index contributed by atoms with van der Waals surface area (Å²) in [6.45, 7) is 0.776. The third kappa shape index (κ3) is 4.00. The van der Waals surface area contributed by atoms with Crippen molar-refractivity contribution >= 4 is 23.7 Å². The number of benzene rings is 1. The SMILES string of the molecule is Nc1nc(Nc2cc(-c3cccnc3)[nH]n2)nc(N2CCCC2c2ccc(F)cc2)n1. The molecule has 0 spiro atoms. The summed E-state index contributed by atoms with van der Waals surface area (Å²) in [6.07, 6.45) is 5.36. The number of aromatic amines is 1. The first-order valence-electron chi connectivity index (χ1n) is 9.92. The number of nitrogens with one attached hydrogen (secondary N) is 2.